The minimum Gasteiger partial charge on any atom is -0.349 e. The fourth-order valence-corrected chi connectivity index (χ4v) is 6.30. The Hall–Kier alpha value is -2.04. The van der Waals surface area contributed by atoms with Crippen molar-refractivity contribution in [2.45, 2.75) is 70.9 Å². The molecule has 2 aromatic rings. The van der Waals surface area contributed by atoms with Crippen LogP contribution in [0.15, 0.2) is 48.5 Å². The molecule has 2 aliphatic rings. The Morgan fingerprint density at radius 1 is 0.686 bits per heavy atom. The fraction of sp³-hybridized carbons (Fsp3) is 0.517. The Balaban J connectivity index is 1.21. The lowest BCUT2D eigenvalue weighted by atomic mass is 9.70. The van der Waals surface area contributed by atoms with Gasteiger partial charge in [0.15, 0.2) is 0 Å². The van der Waals surface area contributed by atoms with Crippen LogP contribution in [0.25, 0.3) is 0 Å². The highest BCUT2D eigenvalue weighted by molar-refractivity contribution is 6.31. The van der Waals surface area contributed by atoms with Crippen molar-refractivity contribution in [3.05, 3.63) is 69.7 Å². The van der Waals surface area contributed by atoms with E-state index in [1.54, 1.807) is 48.5 Å². The molecule has 2 aliphatic carbocycles. The van der Waals surface area contributed by atoms with E-state index in [9.17, 15) is 9.59 Å². The molecule has 0 bridgehead atoms. The topological polar surface area (TPSA) is 58.2 Å². The van der Waals surface area contributed by atoms with Crippen LogP contribution in [0.3, 0.4) is 0 Å². The van der Waals surface area contributed by atoms with Crippen LogP contribution in [0, 0.1) is 23.7 Å². The number of rotatable bonds is 6. The van der Waals surface area contributed by atoms with Gasteiger partial charge in [-0.05, 0) is 117 Å². The first kappa shape index (κ1) is 26.0. The van der Waals surface area contributed by atoms with Crippen molar-refractivity contribution in [3.8, 4) is 0 Å². The van der Waals surface area contributed by atoms with E-state index in [1.165, 1.54) is 6.42 Å². The predicted octanol–water partition coefficient (Wildman–Crippen LogP) is 7.15. The molecule has 0 radical (unpaired) electrons. The van der Waals surface area contributed by atoms with Gasteiger partial charge in [-0.1, -0.05) is 37.0 Å². The summed E-state index contributed by atoms with van der Waals surface area (Å²) in [6.07, 6.45) is 7.97. The SMILES string of the molecule is C[C@@H]1C[C@H](C[C@@H]2CC[C@H](NC(=O)c3ccc(Cl)cc3)[C@H](C)C2)CC[C@@H]1NC(=O)c1ccc(Cl)cc1. The maximum Gasteiger partial charge on any atom is 0.251 e. The zero-order chi connectivity index (χ0) is 24.9. The smallest absolute Gasteiger partial charge is 0.251 e. The summed E-state index contributed by atoms with van der Waals surface area (Å²) in [5.74, 6) is 2.35. The molecule has 188 valence electrons. The van der Waals surface area contributed by atoms with E-state index in [-0.39, 0.29) is 23.9 Å². The van der Waals surface area contributed by atoms with E-state index in [1.807, 2.05) is 0 Å². The number of hydrogen-bond donors (Lipinski definition) is 2. The van der Waals surface area contributed by atoms with Crippen molar-refractivity contribution < 1.29 is 9.59 Å². The van der Waals surface area contributed by atoms with Crippen molar-refractivity contribution in [2.24, 2.45) is 23.7 Å². The first-order valence-corrected chi connectivity index (χ1v) is 13.7. The molecule has 0 spiro atoms. The Morgan fingerprint density at radius 3 is 1.40 bits per heavy atom. The Labute approximate surface area is 219 Å². The molecular formula is C29H36Cl2N2O2. The standard InChI is InChI=1S/C29H36Cl2N2O2/c1-18-15-20(3-13-26(18)32-28(34)22-5-9-24(30)10-6-22)17-21-4-14-27(19(2)16-21)33-29(35)23-7-11-25(31)12-8-23/h5-12,18-21,26-27H,3-4,13-17H2,1-2H3,(H,32,34)(H,33,35)/t18-,19-,20-,21-,26+,27+/m1/s1. The second-order valence-electron chi connectivity index (χ2n) is 10.7. The van der Waals surface area contributed by atoms with Gasteiger partial charge in [-0.3, -0.25) is 9.59 Å². The van der Waals surface area contributed by atoms with Crippen LogP contribution in [-0.2, 0) is 0 Å². The van der Waals surface area contributed by atoms with E-state index in [4.69, 9.17) is 23.2 Å². The molecule has 2 amide bonds. The van der Waals surface area contributed by atoms with Crippen LogP contribution in [0.2, 0.25) is 10.0 Å². The molecule has 2 aromatic carbocycles. The lowest BCUT2D eigenvalue weighted by Crippen LogP contribution is -2.44. The minimum absolute atomic E-state index is 0.00948. The van der Waals surface area contributed by atoms with Crippen molar-refractivity contribution >= 4 is 35.0 Å². The third-order valence-electron chi connectivity index (χ3n) is 8.07. The first-order valence-electron chi connectivity index (χ1n) is 12.9. The molecule has 6 heteroatoms. The molecule has 0 aliphatic heterocycles. The van der Waals surface area contributed by atoms with E-state index in [0.717, 1.165) is 38.5 Å². The van der Waals surface area contributed by atoms with Crippen LogP contribution < -0.4 is 10.6 Å². The molecule has 2 saturated carbocycles. The van der Waals surface area contributed by atoms with Gasteiger partial charge < -0.3 is 10.6 Å². The molecule has 0 saturated heterocycles. The molecule has 0 heterocycles. The highest BCUT2D eigenvalue weighted by Crippen LogP contribution is 2.39. The number of nitrogens with one attached hydrogen (secondary N) is 2. The van der Waals surface area contributed by atoms with Gasteiger partial charge in [-0.15, -0.1) is 0 Å². The molecule has 0 aromatic heterocycles. The Bertz CT molecular complexity index is 927. The average molecular weight is 516 g/mol. The van der Waals surface area contributed by atoms with Gasteiger partial charge in [-0.25, -0.2) is 0 Å². The van der Waals surface area contributed by atoms with Crippen molar-refractivity contribution in [1.82, 2.24) is 10.6 Å². The van der Waals surface area contributed by atoms with Gasteiger partial charge in [0.1, 0.15) is 0 Å². The second kappa shape index (κ2) is 11.8. The van der Waals surface area contributed by atoms with Gasteiger partial charge in [0, 0.05) is 33.3 Å². The molecule has 4 rings (SSSR count). The van der Waals surface area contributed by atoms with Crippen LogP contribution in [0.1, 0.15) is 79.5 Å². The van der Waals surface area contributed by atoms with E-state index < -0.39 is 0 Å². The Morgan fingerprint density at radius 2 is 1.06 bits per heavy atom. The fourth-order valence-electron chi connectivity index (χ4n) is 6.05. The maximum atomic E-state index is 12.6. The van der Waals surface area contributed by atoms with Gasteiger partial charge in [0.25, 0.3) is 11.8 Å². The third-order valence-corrected chi connectivity index (χ3v) is 8.57. The summed E-state index contributed by atoms with van der Waals surface area (Å²) >= 11 is 11.9. The van der Waals surface area contributed by atoms with E-state index in [2.05, 4.69) is 24.5 Å². The zero-order valence-electron chi connectivity index (χ0n) is 20.6. The van der Waals surface area contributed by atoms with Crippen molar-refractivity contribution in [1.29, 1.82) is 0 Å². The first-order chi connectivity index (χ1) is 16.8. The summed E-state index contributed by atoms with van der Waals surface area (Å²) in [7, 11) is 0. The summed E-state index contributed by atoms with van der Waals surface area (Å²) in [4.78, 5) is 25.3. The zero-order valence-corrected chi connectivity index (χ0v) is 22.1. The largest absolute Gasteiger partial charge is 0.349 e. The number of benzene rings is 2. The van der Waals surface area contributed by atoms with Gasteiger partial charge in [0.2, 0.25) is 0 Å². The highest BCUT2D eigenvalue weighted by Gasteiger charge is 2.33. The number of carbonyl (C=O) groups is 2. The number of halogens is 2. The van der Waals surface area contributed by atoms with E-state index in [0.29, 0.717) is 44.8 Å². The van der Waals surface area contributed by atoms with Gasteiger partial charge in [0.05, 0.1) is 0 Å². The summed E-state index contributed by atoms with van der Waals surface area (Å²) in [6, 6.07) is 14.6. The molecule has 2 fully saturated rings. The Kier molecular flexibility index (Phi) is 8.77. The summed E-state index contributed by atoms with van der Waals surface area (Å²) in [6.45, 7) is 4.54. The maximum absolute atomic E-state index is 12.6. The van der Waals surface area contributed by atoms with Crippen molar-refractivity contribution in [3.63, 3.8) is 0 Å². The summed E-state index contributed by atoms with van der Waals surface area (Å²) < 4.78 is 0. The lowest BCUT2D eigenvalue weighted by Gasteiger charge is -2.39. The van der Waals surface area contributed by atoms with Crippen LogP contribution in [0.4, 0.5) is 0 Å². The molecular weight excluding hydrogens is 479 g/mol. The number of amides is 2. The second-order valence-corrected chi connectivity index (χ2v) is 11.6. The quantitative estimate of drug-likeness (QED) is 0.429. The normalized spacial score (nSPS) is 28.8. The molecule has 4 nitrogen and oxygen atoms in total. The van der Waals surface area contributed by atoms with E-state index >= 15 is 0 Å². The number of hydrogen-bond acceptors (Lipinski definition) is 2. The summed E-state index contributed by atoms with van der Waals surface area (Å²) in [5.41, 5.74) is 1.33. The van der Waals surface area contributed by atoms with Gasteiger partial charge >= 0.3 is 0 Å². The minimum atomic E-state index is -0.00948. The molecule has 35 heavy (non-hydrogen) atoms. The lowest BCUT2D eigenvalue weighted by molar-refractivity contribution is 0.0869. The van der Waals surface area contributed by atoms with Crippen molar-refractivity contribution in [2.75, 3.05) is 0 Å². The van der Waals surface area contributed by atoms with Crippen LogP contribution in [0.5, 0.6) is 0 Å². The summed E-state index contributed by atoms with van der Waals surface area (Å²) in [5, 5.41) is 7.78. The monoisotopic (exact) mass is 514 g/mol. The number of carbonyl (C=O) groups excluding carboxylic acids is 2. The van der Waals surface area contributed by atoms with Crippen LogP contribution in [-0.4, -0.2) is 23.9 Å². The predicted molar refractivity (Wildman–Crippen MR) is 143 cm³/mol. The highest BCUT2D eigenvalue weighted by atomic mass is 35.5. The molecule has 6 atom stereocenters. The van der Waals surface area contributed by atoms with Gasteiger partial charge in [-0.2, -0.15) is 0 Å². The third kappa shape index (κ3) is 7.01. The average Bonchev–Trinajstić information content (AvgIpc) is 2.83. The molecule has 2 N–H and O–H groups in total. The molecule has 0 unspecified atom stereocenters. The van der Waals surface area contributed by atoms with Crippen LogP contribution >= 0.6 is 23.2 Å².